The highest BCUT2D eigenvalue weighted by Crippen LogP contribution is 2.53. The maximum Gasteiger partial charge on any atom is 0.407 e. The Labute approximate surface area is 209 Å². The van der Waals surface area contributed by atoms with Crippen LogP contribution in [0.2, 0.25) is 0 Å². The molecule has 0 saturated carbocycles. The zero-order chi connectivity index (χ0) is 26.0. The smallest absolute Gasteiger partial charge is 0.407 e. The van der Waals surface area contributed by atoms with Crippen LogP contribution in [0.25, 0.3) is 11.0 Å². The molecular weight excluding hydrogens is 462 g/mol. The third-order valence-electron chi connectivity index (χ3n) is 8.39. The molecule has 0 bridgehead atoms. The topological polar surface area (TPSA) is 117 Å². The van der Waals surface area contributed by atoms with Crippen molar-refractivity contribution in [3.05, 3.63) is 34.2 Å². The van der Waals surface area contributed by atoms with Crippen LogP contribution in [0.15, 0.2) is 23.0 Å². The molecule has 1 aromatic heterocycles. The Kier molecular flexibility index (Phi) is 5.77. The molecule has 0 radical (unpaired) electrons. The van der Waals surface area contributed by atoms with E-state index in [1.54, 1.807) is 11.6 Å². The number of carboxylic acid groups (broad SMARTS) is 1. The lowest BCUT2D eigenvalue weighted by molar-refractivity contribution is -0.154. The van der Waals surface area contributed by atoms with Crippen LogP contribution < -0.4 is 11.0 Å². The lowest BCUT2D eigenvalue weighted by atomic mass is 9.57. The number of benzene rings is 1. The number of likely N-dealkylation sites (tertiary alicyclic amines) is 2. The number of carbonyl (C=O) groups is 3. The third kappa shape index (κ3) is 3.82. The van der Waals surface area contributed by atoms with Crippen LogP contribution in [0.4, 0.5) is 4.79 Å². The third-order valence-corrected chi connectivity index (χ3v) is 8.39. The van der Waals surface area contributed by atoms with Crippen molar-refractivity contribution in [2.24, 2.45) is 17.9 Å². The number of rotatable bonds is 3. The van der Waals surface area contributed by atoms with Gasteiger partial charge in [-0.1, -0.05) is 32.9 Å². The van der Waals surface area contributed by atoms with Crippen LogP contribution in [-0.2, 0) is 23.2 Å². The number of nitrogens with one attached hydrogen (secondary N) is 1. The highest BCUT2D eigenvalue weighted by atomic mass is 16.4. The zero-order valence-electron chi connectivity index (χ0n) is 21.4. The summed E-state index contributed by atoms with van der Waals surface area (Å²) in [6.07, 6.45) is 1.38. The van der Waals surface area contributed by atoms with Crippen LogP contribution >= 0.6 is 0 Å². The Hall–Kier alpha value is -3.14. The van der Waals surface area contributed by atoms with Crippen LogP contribution in [0, 0.1) is 10.8 Å². The summed E-state index contributed by atoms with van der Waals surface area (Å²) in [6.45, 7) is 9.40. The molecule has 2 unspecified atom stereocenters. The Morgan fingerprint density at radius 1 is 1.17 bits per heavy atom. The molecule has 2 N–H and O–H groups in total. The number of carbonyl (C=O) groups excluding carboxylic acids is 2. The first-order valence-electron chi connectivity index (χ1n) is 12.7. The number of para-hydroxylation sites is 1. The second-order valence-corrected chi connectivity index (χ2v) is 11.8. The summed E-state index contributed by atoms with van der Waals surface area (Å²) in [5.41, 5.74) is 2.35. The van der Waals surface area contributed by atoms with E-state index in [4.69, 9.17) is 0 Å². The number of aryl methyl sites for hydroxylation is 1. The summed E-state index contributed by atoms with van der Waals surface area (Å²) in [4.78, 5) is 52.9. The molecule has 10 heteroatoms. The predicted octanol–water partition coefficient (Wildman–Crippen LogP) is 2.31. The van der Waals surface area contributed by atoms with E-state index < -0.39 is 18.0 Å². The molecule has 4 heterocycles. The molecule has 3 aliphatic heterocycles. The molecule has 1 spiro atoms. The van der Waals surface area contributed by atoms with E-state index in [9.17, 15) is 24.3 Å². The summed E-state index contributed by atoms with van der Waals surface area (Å²) in [5.74, 6) is -0.740. The van der Waals surface area contributed by atoms with Gasteiger partial charge >= 0.3 is 11.8 Å². The number of nitrogens with zero attached hydrogens (tertiary/aromatic N) is 4. The molecule has 5 rings (SSSR count). The average molecular weight is 498 g/mol. The van der Waals surface area contributed by atoms with E-state index in [-0.39, 0.29) is 34.9 Å². The number of imide groups is 1. The van der Waals surface area contributed by atoms with E-state index in [2.05, 4.69) is 31.0 Å². The number of amides is 3. The Balaban J connectivity index is 1.46. The van der Waals surface area contributed by atoms with Gasteiger partial charge in [-0.3, -0.25) is 28.9 Å². The van der Waals surface area contributed by atoms with Crippen molar-refractivity contribution in [3.63, 3.8) is 0 Å². The summed E-state index contributed by atoms with van der Waals surface area (Å²) in [5, 5.41) is 11.8. The van der Waals surface area contributed by atoms with Crippen molar-refractivity contribution in [2.75, 3.05) is 19.6 Å². The zero-order valence-corrected chi connectivity index (χ0v) is 21.4. The molecule has 3 saturated heterocycles. The van der Waals surface area contributed by atoms with Gasteiger partial charge in [0, 0.05) is 51.1 Å². The predicted molar refractivity (Wildman–Crippen MR) is 134 cm³/mol. The quantitative estimate of drug-likeness (QED) is 0.629. The van der Waals surface area contributed by atoms with Gasteiger partial charge in [0.1, 0.15) is 6.04 Å². The first-order chi connectivity index (χ1) is 16.9. The van der Waals surface area contributed by atoms with Crippen molar-refractivity contribution in [1.29, 1.82) is 0 Å². The van der Waals surface area contributed by atoms with E-state index in [1.807, 2.05) is 18.2 Å². The number of hydrogen-bond acceptors (Lipinski definition) is 5. The van der Waals surface area contributed by atoms with Crippen LogP contribution in [0.5, 0.6) is 0 Å². The van der Waals surface area contributed by atoms with Crippen molar-refractivity contribution in [1.82, 2.24) is 24.3 Å². The lowest BCUT2D eigenvalue weighted by Crippen LogP contribution is -2.71. The van der Waals surface area contributed by atoms with Crippen LogP contribution in [-0.4, -0.2) is 67.6 Å². The molecule has 2 aromatic rings. The lowest BCUT2D eigenvalue weighted by Gasteiger charge is -2.64. The van der Waals surface area contributed by atoms with Crippen molar-refractivity contribution < 1.29 is 19.5 Å². The molecule has 3 fully saturated rings. The van der Waals surface area contributed by atoms with Gasteiger partial charge in [-0.2, -0.15) is 0 Å². The highest BCUT2D eigenvalue weighted by molar-refractivity contribution is 6.00. The van der Waals surface area contributed by atoms with Gasteiger partial charge in [0.2, 0.25) is 11.8 Å². The molecule has 1 aromatic carbocycles. The summed E-state index contributed by atoms with van der Waals surface area (Å²) < 4.78 is 3.14. The van der Waals surface area contributed by atoms with Crippen molar-refractivity contribution in [3.8, 4) is 0 Å². The van der Waals surface area contributed by atoms with E-state index in [0.717, 1.165) is 30.5 Å². The van der Waals surface area contributed by atoms with Crippen molar-refractivity contribution in [2.45, 2.75) is 65.1 Å². The fourth-order valence-corrected chi connectivity index (χ4v) is 7.14. The second-order valence-electron chi connectivity index (χ2n) is 11.8. The van der Waals surface area contributed by atoms with E-state index in [0.29, 0.717) is 31.6 Å². The molecule has 10 nitrogen and oxygen atoms in total. The highest BCUT2D eigenvalue weighted by Gasteiger charge is 2.57. The first-order valence-corrected chi connectivity index (χ1v) is 12.7. The largest absolute Gasteiger partial charge is 0.465 e. The summed E-state index contributed by atoms with van der Waals surface area (Å²) >= 11 is 0. The number of fused-ring (bicyclic) bond motifs is 1. The minimum absolute atomic E-state index is 0.00206. The SMILES string of the molecule is Cn1c(=O)n(C2CCC(=O)NC2=O)c2cccc(CN3CC4(CCN(C(=O)O)CC4)C3C(C)(C)C)c21. The Morgan fingerprint density at radius 3 is 2.47 bits per heavy atom. The molecule has 0 aliphatic carbocycles. The number of imidazole rings is 1. The van der Waals surface area contributed by atoms with Gasteiger partial charge in [0.15, 0.2) is 0 Å². The standard InChI is InChI=1S/C26H35N5O5/c1-25(2,3)22-26(10-12-29(13-11-26)24(35)36)15-30(22)14-16-6-5-7-17-20(16)28(4)23(34)31(17)18-8-9-19(32)27-21(18)33/h5-7,18,22H,8-15H2,1-4H3,(H,35,36)(H,27,32,33). The molecule has 36 heavy (non-hydrogen) atoms. The number of hydrogen-bond donors (Lipinski definition) is 2. The molecule has 194 valence electrons. The number of aromatic nitrogens is 2. The van der Waals surface area contributed by atoms with Gasteiger partial charge < -0.3 is 10.0 Å². The Bertz CT molecular complexity index is 1290. The number of piperidine rings is 2. The van der Waals surface area contributed by atoms with Gasteiger partial charge in [0.05, 0.1) is 11.0 Å². The molecule has 3 aliphatic rings. The Morgan fingerprint density at radius 2 is 1.86 bits per heavy atom. The summed E-state index contributed by atoms with van der Waals surface area (Å²) in [7, 11) is 1.73. The minimum atomic E-state index is -0.846. The normalized spacial score (nSPS) is 24.7. The first kappa shape index (κ1) is 24.5. The van der Waals surface area contributed by atoms with Gasteiger partial charge in [-0.05, 0) is 36.3 Å². The molecule has 3 amide bonds. The second kappa shape index (κ2) is 8.47. The fraction of sp³-hybridized carbons (Fsp3) is 0.615. The van der Waals surface area contributed by atoms with Crippen LogP contribution in [0.1, 0.15) is 58.1 Å². The maximum atomic E-state index is 13.3. The maximum absolute atomic E-state index is 13.3. The van der Waals surface area contributed by atoms with E-state index in [1.165, 1.54) is 9.47 Å². The van der Waals surface area contributed by atoms with E-state index >= 15 is 0 Å². The molecular formula is C26H35N5O5. The monoisotopic (exact) mass is 497 g/mol. The summed E-state index contributed by atoms with van der Waals surface area (Å²) in [6, 6.07) is 5.40. The average Bonchev–Trinajstić information content (AvgIpc) is 3.03. The van der Waals surface area contributed by atoms with Crippen LogP contribution in [0.3, 0.4) is 0 Å². The fourth-order valence-electron chi connectivity index (χ4n) is 7.14. The van der Waals surface area contributed by atoms with Gasteiger partial charge in [-0.15, -0.1) is 0 Å². The van der Waals surface area contributed by atoms with Crippen molar-refractivity contribution >= 4 is 28.9 Å². The van der Waals surface area contributed by atoms with Gasteiger partial charge in [0.25, 0.3) is 0 Å². The molecule has 2 atom stereocenters. The van der Waals surface area contributed by atoms with Gasteiger partial charge in [-0.25, -0.2) is 9.59 Å². The minimum Gasteiger partial charge on any atom is -0.465 e.